The molecule has 5 heteroatoms. The van der Waals surface area contributed by atoms with E-state index in [1.54, 1.807) is 4.90 Å². The molecule has 3 N–H and O–H groups in total. The van der Waals surface area contributed by atoms with Crippen LogP contribution < -0.4 is 16.0 Å². The zero-order valence-corrected chi connectivity index (χ0v) is 14.9. The van der Waals surface area contributed by atoms with E-state index in [0.717, 1.165) is 62.9 Å². The summed E-state index contributed by atoms with van der Waals surface area (Å²) in [6, 6.07) is 11.2. The summed E-state index contributed by atoms with van der Waals surface area (Å²) in [5, 5.41) is 3.36. The monoisotopic (exact) mass is 341 g/mol. The van der Waals surface area contributed by atoms with E-state index in [4.69, 9.17) is 5.73 Å². The van der Waals surface area contributed by atoms with Crippen LogP contribution in [0.5, 0.6) is 0 Å². The van der Waals surface area contributed by atoms with Crippen molar-refractivity contribution in [2.45, 2.75) is 63.5 Å². The van der Waals surface area contributed by atoms with Gasteiger partial charge in [0.15, 0.2) is 0 Å². The molecule has 1 aliphatic heterocycles. The van der Waals surface area contributed by atoms with Crippen LogP contribution in [0.4, 0.5) is 10.5 Å². The zero-order chi connectivity index (χ0) is 17.5. The molecule has 134 valence electrons. The van der Waals surface area contributed by atoms with Crippen molar-refractivity contribution in [1.82, 2.24) is 5.32 Å². The number of nitrogens with one attached hydrogen (secondary N) is 1. The molecule has 3 rings (SSSR count). The lowest BCUT2D eigenvalue weighted by Gasteiger charge is -2.29. The Labute approximate surface area is 150 Å². The van der Waals surface area contributed by atoms with Gasteiger partial charge in [0, 0.05) is 18.2 Å². The van der Waals surface area contributed by atoms with Gasteiger partial charge in [0.05, 0.1) is 6.54 Å². The molecule has 2 amide bonds. The molecule has 0 radical (unpaired) electrons. The number of primary amides is 1. The summed E-state index contributed by atoms with van der Waals surface area (Å²) in [7, 11) is 0. The minimum absolute atomic E-state index is 0.203. The lowest BCUT2D eigenvalue weighted by atomic mass is 10.1. The number of nitrogens with zero attached hydrogens (tertiary/aromatic N) is 2. The molecule has 0 bridgehead atoms. The predicted octanol–water partition coefficient (Wildman–Crippen LogP) is 3.73. The highest BCUT2D eigenvalue weighted by atomic mass is 16.2. The number of nitrogens with two attached hydrogens (primary N) is 1. The lowest BCUT2D eigenvalue weighted by Crippen LogP contribution is -2.43. The van der Waals surface area contributed by atoms with Crippen LogP contribution in [0.3, 0.4) is 0 Å². The number of hydrogen-bond donors (Lipinski definition) is 2. The normalized spacial score (nSPS) is 21.7. The Hall–Kier alpha value is -2.06. The molecule has 2 fully saturated rings. The van der Waals surface area contributed by atoms with Crippen molar-refractivity contribution in [3.8, 4) is 6.07 Å². The van der Waals surface area contributed by atoms with E-state index in [1.807, 2.05) is 24.3 Å². The van der Waals surface area contributed by atoms with Gasteiger partial charge in [0.2, 0.25) is 0 Å². The summed E-state index contributed by atoms with van der Waals surface area (Å²) in [4.78, 5) is 18.5. The van der Waals surface area contributed by atoms with Crippen molar-refractivity contribution in [1.29, 1.82) is 0 Å². The Balaban J connectivity index is 1.77. The smallest absolute Gasteiger partial charge is 0.319 e. The first kappa shape index (κ1) is 17.8. The van der Waals surface area contributed by atoms with Gasteiger partial charge in [0.25, 0.3) is 6.04 Å². The molecule has 1 saturated carbocycles. The lowest BCUT2D eigenvalue weighted by molar-refractivity contribution is 0.251. The van der Waals surface area contributed by atoms with Gasteiger partial charge in [-0.05, 0) is 44.0 Å². The van der Waals surface area contributed by atoms with Gasteiger partial charge in [-0.15, -0.1) is 0 Å². The number of rotatable bonds is 2. The Kier molecular flexibility index (Phi) is 6.30. The molecule has 0 aromatic heterocycles. The summed E-state index contributed by atoms with van der Waals surface area (Å²) in [5.74, 6) is 0. The van der Waals surface area contributed by atoms with Gasteiger partial charge in [-0.1, -0.05) is 36.6 Å². The van der Waals surface area contributed by atoms with Crippen molar-refractivity contribution in [2.24, 2.45) is 5.73 Å². The second-order valence-electron chi connectivity index (χ2n) is 7.15. The van der Waals surface area contributed by atoms with Gasteiger partial charge in [0.1, 0.15) is 5.56 Å². The molecule has 1 aliphatic carbocycles. The van der Waals surface area contributed by atoms with Crippen LogP contribution in [0.2, 0.25) is 0 Å². The number of piperidine rings is 1. The van der Waals surface area contributed by atoms with Crippen LogP contribution in [0.25, 0.3) is 4.85 Å². The number of amides is 2. The molecular weight excluding hydrogens is 312 g/mol. The predicted molar refractivity (Wildman–Crippen MR) is 102 cm³/mol. The summed E-state index contributed by atoms with van der Waals surface area (Å²) in [6.07, 6.45) is 9.14. The van der Waals surface area contributed by atoms with Crippen molar-refractivity contribution in [2.75, 3.05) is 18.0 Å². The van der Waals surface area contributed by atoms with E-state index in [2.05, 4.69) is 16.2 Å². The first-order valence-electron chi connectivity index (χ1n) is 9.59. The first-order chi connectivity index (χ1) is 12.2. The van der Waals surface area contributed by atoms with Crippen LogP contribution in [0.1, 0.15) is 56.9 Å². The number of hydrogen-bond acceptors (Lipinski definition) is 2. The summed E-state index contributed by atoms with van der Waals surface area (Å²) in [5.41, 5.74) is 7.49. The van der Waals surface area contributed by atoms with Gasteiger partial charge in [-0.25, -0.2) is 4.79 Å². The van der Waals surface area contributed by atoms with E-state index in [-0.39, 0.29) is 12.1 Å². The maximum absolute atomic E-state index is 12.1. The number of carbonyl (C=O) groups is 1. The summed E-state index contributed by atoms with van der Waals surface area (Å²) >= 11 is 0. The second-order valence-corrected chi connectivity index (χ2v) is 7.15. The fourth-order valence-electron chi connectivity index (χ4n) is 3.87. The van der Waals surface area contributed by atoms with E-state index in [1.165, 1.54) is 12.8 Å². The van der Waals surface area contributed by atoms with Crippen LogP contribution in [-0.2, 0) is 0 Å². The van der Waals surface area contributed by atoms with Crippen molar-refractivity contribution >= 4 is 11.7 Å². The summed E-state index contributed by atoms with van der Waals surface area (Å²) in [6.45, 7) is 2.00. The SMILES string of the molecule is NC(=O)N(c1cccc(C#[N+]C2CCCNC2)c1)C1CCCCCC1. The fourth-order valence-corrected chi connectivity index (χ4v) is 3.87. The minimum Gasteiger partial charge on any atom is -0.351 e. The Bertz CT molecular complexity index is 635. The van der Waals surface area contributed by atoms with Crippen molar-refractivity contribution < 1.29 is 4.79 Å². The van der Waals surface area contributed by atoms with Gasteiger partial charge < -0.3 is 11.1 Å². The fraction of sp³-hybridized carbons (Fsp3) is 0.600. The molecule has 1 atom stereocenters. The average molecular weight is 341 g/mol. The minimum atomic E-state index is -0.363. The average Bonchev–Trinajstić information content (AvgIpc) is 2.90. The third-order valence-electron chi connectivity index (χ3n) is 5.20. The van der Waals surface area contributed by atoms with Gasteiger partial charge >= 0.3 is 12.1 Å². The van der Waals surface area contributed by atoms with Crippen LogP contribution in [-0.4, -0.2) is 31.2 Å². The Morgan fingerprint density at radius 1 is 1.16 bits per heavy atom. The third-order valence-corrected chi connectivity index (χ3v) is 5.20. The first-order valence-corrected chi connectivity index (χ1v) is 9.59. The van der Waals surface area contributed by atoms with Gasteiger partial charge in [-0.2, -0.15) is 0 Å². The topological polar surface area (TPSA) is 62.7 Å². The second kappa shape index (κ2) is 8.87. The highest BCUT2D eigenvalue weighted by Crippen LogP contribution is 2.27. The molecule has 5 nitrogen and oxygen atoms in total. The Morgan fingerprint density at radius 3 is 2.64 bits per heavy atom. The number of anilines is 1. The molecule has 1 unspecified atom stereocenters. The molecular formula is C20H29N4O+. The standard InChI is InChI=1S/C20H28N4O/c21-20(25)24(18-9-3-1-2-4-10-18)19-11-5-7-16(13-19)14-23-17-8-6-12-22-15-17/h5,7,11,13,17-18,22H,1-4,6,8-10,12,15H2,(H-,21,25)/p+1. The summed E-state index contributed by atoms with van der Waals surface area (Å²) < 4.78 is 0. The van der Waals surface area contributed by atoms with E-state index in [0.29, 0.717) is 6.04 Å². The zero-order valence-electron chi connectivity index (χ0n) is 14.9. The molecule has 25 heavy (non-hydrogen) atoms. The highest BCUT2D eigenvalue weighted by Gasteiger charge is 2.25. The molecule has 1 aromatic rings. The molecule has 1 saturated heterocycles. The quantitative estimate of drug-likeness (QED) is 0.805. The molecule has 1 heterocycles. The van der Waals surface area contributed by atoms with Crippen LogP contribution in [0.15, 0.2) is 24.3 Å². The van der Waals surface area contributed by atoms with Gasteiger partial charge in [-0.3, -0.25) is 4.90 Å². The molecule has 0 spiro atoms. The maximum Gasteiger partial charge on any atom is 0.319 e. The Morgan fingerprint density at radius 2 is 1.96 bits per heavy atom. The molecule has 2 aliphatic rings. The number of benzene rings is 1. The van der Waals surface area contributed by atoms with Crippen LogP contribution >= 0.6 is 0 Å². The maximum atomic E-state index is 12.1. The number of carbonyl (C=O) groups excluding carboxylic acids is 1. The van der Waals surface area contributed by atoms with E-state index in [9.17, 15) is 4.79 Å². The third kappa shape index (κ3) is 4.96. The van der Waals surface area contributed by atoms with Crippen molar-refractivity contribution in [3.05, 3.63) is 34.7 Å². The highest BCUT2D eigenvalue weighted by molar-refractivity contribution is 5.91. The van der Waals surface area contributed by atoms with Crippen LogP contribution in [0, 0.1) is 6.07 Å². The van der Waals surface area contributed by atoms with E-state index < -0.39 is 0 Å². The van der Waals surface area contributed by atoms with Crippen molar-refractivity contribution in [3.63, 3.8) is 0 Å². The number of urea groups is 1. The largest absolute Gasteiger partial charge is 0.351 e. The molecule has 1 aromatic carbocycles. The van der Waals surface area contributed by atoms with E-state index >= 15 is 0 Å².